The SMILES string of the molecule is CCCNCc1nnc(-c2cc(Br)sc2Br)s1. The number of nitrogens with zero attached hydrogens (tertiary/aromatic N) is 2. The van der Waals surface area contributed by atoms with Crippen LogP contribution in [0.2, 0.25) is 0 Å². The molecule has 0 radical (unpaired) electrons. The van der Waals surface area contributed by atoms with Crippen molar-refractivity contribution in [1.82, 2.24) is 15.5 Å². The zero-order chi connectivity index (χ0) is 12.3. The summed E-state index contributed by atoms with van der Waals surface area (Å²) in [5, 5.41) is 13.7. The molecule has 0 aromatic carbocycles. The number of rotatable bonds is 5. The highest BCUT2D eigenvalue weighted by molar-refractivity contribution is 9.12. The van der Waals surface area contributed by atoms with E-state index in [1.165, 1.54) is 0 Å². The zero-order valence-electron chi connectivity index (χ0n) is 9.17. The Kier molecular flexibility index (Phi) is 5.10. The largest absolute Gasteiger partial charge is 0.310 e. The molecule has 0 bridgehead atoms. The average Bonchev–Trinajstić information content (AvgIpc) is 2.86. The van der Waals surface area contributed by atoms with Crippen LogP contribution in [0.25, 0.3) is 10.6 Å². The summed E-state index contributed by atoms with van der Waals surface area (Å²) in [5.74, 6) is 0. The summed E-state index contributed by atoms with van der Waals surface area (Å²) < 4.78 is 2.19. The first-order valence-electron chi connectivity index (χ1n) is 5.19. The smallest absolute Gasteiger partial charge is 0.149 e. The number of hydrogen-bond acceptors (Lipinski definition) is 5. The predicted octanol–water partition coefficient (Wildman–Crippen LogP) is 4.29. The summed E-state index contributed by atoms with van der Waals surface area (Å²) in [6.07, 6.45) is 1.13. The maximum atomic E-state index is 4.22. The Bertz CT molecular complexity index is 495. The van der Waals surface area contributed by atoms with Crippen molar-refractivity contribution in [3.63, 3.8) is 0 Å². The number of halogens is 2. The summed E-state index contributed by atoms with van der Waals surface area (Å²) >= 11 is 10.3. The standard InChI is InChI=1S/C10H11Br2N3S2/c1-2-3-13-5-8-14-15-10(17-8)6-4-7(11)16-9(6)12/h4,13H,2-3,5H2,1H3. The van der Waals surface area contributed by atoms with E-state index in [1.807, 2.05) is 0 Å². The second kappa shape index (κ2) is 6.38. The Morgan fingerprint density at radius 2 is 2.12 bits per heavy atom. The van der Waals surface area contributed by atoms with Gasteiger partial charge in [-0.1, -0.05) is 18.3 Å². The number of nitrogens with one attached hydrogen (secondary N) is 1. The summed E-state index contributed by atoms with van der Waals surface area (Å²) in [6.45, 7) is 3.97. The molecule has 17 heavy (non-hydrogen) atoms. The third-order valence-electron chi connectivity index (χ3n) is 2.06. The van der Waals surface area contributed by atoms with Crippen LogP contribution >= 0.6 is 54.5 Å². The average molecular weight is 397 g/mol. The van der Waals surface area contributed by atoms with Crippen molar-refractivity contribution in [2.45, 2.75) is 19.9 Å². The summed E-state index contributed by atoms with van der Waals surface area (Å²) in [7, 11) is 0. The van der Waals surface area contributed by atoms with Crippen molar-refractivity contribution in [1.29, 1.82) is 0 Å². The molecule has 7 heteroatoms. The minimum Gasteiger partial charge on any atom is -0.310 e. The van der Waals surface area contributed by atoms with Gasteiger partial charge in [0.05, 0.1) is 7.57 Å². The molecule has 0 fully saturated rings. The third kappa shape index (κ3) is 3.57. The first-order chi connectivity index (χ1) is 8.20. The molecule has 2 heterocycles. The fourth-order valence-corrected chi connectivity index (χ4v) is 5.12. The van der Waals surface area contributed by atoms with Crippen molar-refractivity contribution in [3.05, 3.63) is 18.6 Å². The number of hydrogen-bond donors (Lipinski definition) is 1. The summed E-state index contributed by atoms with van der Waals surface area (Å²) in [4.78, 5) is 0. The minimum absolute atomic E-state index is 0.800. The molecule has 0 amide bonds. The molecule has 0 spiro atoms. The molecule has 0 saturated heterocycles. The van der Waals surface area contributed by atoms with Gasteiger partial charge in [-0.2, -0.15) is 0 Å². The van der Waals surface area contributed by atoms with Crippen LogP contribution < -0.4 is 5.32 Å². The molecular weight excluding hydrogens is 386 g/mol. The maximum absolute atomic E-state index is 4.22. The lowest BCUT2D eigenvalue weighted by atomic mass is 10.4. The van der Waals surface area contributed by atoms with Crippen molar-refractivity contribution >= 4 is 54.5 Å². The van der Waals surface area contributed by atoms with Crippen molar-refractivity contribution in [2.24, 2.45) is 0 Å². The lowest BCUT2D eigenvalue weighted by Gasteiger charge is -1.96. The molecule has 0 atom stereocenters. The second-order valence-electron chi connectivity index (χ2n) is 3.42. The highest BCUT2D eigenvalue weighted by Gasteiger charge is 2.12. The maximum Gasteiger partial charge on any atom is 0.149 e. The Balaban J connectivity index is 2.10. The van der Waals surface area contributed by atoms with E-state index in [4.69, 9.17) is 0 Å². The van der Waals surface area contributed by atoms with Gasteiger partial charge in [-0.05, 0) is 50.9 Å². The zero-order valence-corrected chi connectivity index (χ0v) is 14.0. The van der Waals surface area contributed by atoms with E-state index in [9.17, 15) is 0 Å². The van der Waals surface area contributed by atoms with E-state index in [-0.39, 0.29) is 0 Å². The Labute approximate surface area is 125 Å². The fourth-order valence-electron chi connectivity index (χ4n) is 1.29. The number of aromatic nitrogens is 2. The second-order valence-corrected chi connectivity index (χ2v) is 8.23. The molecule has 2 aromatic rings. The van der Waals surface area contributed by atoms with E-state index >= 15 is 0 Å². The van der Waals surface area contributed by atoms with Gasteiger partial charge >= 0.3 is 0 Å². The van der Waals surface area contributed by atoms with Gasteiger partial charge in [0.15, 0.2) is 0 Å². The van der Waals surface area contributed by atoms with Gasteiger partial charge < -0.3 is 5.32 Å². The molecule has 0 aliphatic carbocycles. The van der Waals surface area contributed by atoms with E-state index < -0.39 is 0 Å². The molecule has 0 unspecified atom stereocenters. The molecule has 2 aromatic heterocycles. The van der Waals surface area contributed by atoms with Gasteiger partial charge in [-0.3, -0.25) is 0 Å². The molecule has 0 aliphatic rings. The van der Waals surface area contributed by atoms with Gasteiger partial charge in [-0.25, -0.2) is 0 Å². The molecule has 0 aliphatic heterocycles. The first kappa shape index (κ1) is 13.6. The first-order valence-corrected chi connectivity index (χ1v) is 8.41. The fraction of sp³-hybridized carbons (Fsp3) is 0.400. The third-order valence-corrected chi connectivity index (χ3v) is 5.35. The van der Waals surface area contributed by atoms with Gasteiger partial charge in [0.1, 0.15) is 10.0 Å². The van der Waals surface area contributed by atoms with Crippen LogP contribution in [-0.2, 0) is 6.54 Å². The van der Waals surface area contributed by atoms with Crippen LogP contribution in [0, 0.1) is 0 Å². The Morgan fingerprint density at radius 3 is 2.76 bits per heavy atom. The Hall–Kier alpha value is 0.180. The topological polar surface area (TPSA) is 37.8 Å². The quantitative estimate of drug-likeness (QED) is 0.766. The van der Waals surface area contributed by atoms with Crippen LogP contribution in [0.15, 0.2) is 13.6 Å². The highest BCUT2D eigenvalue weighted by atomic mass is 79.9. The lowest BCUT2D eigenvalue weighted by Crippen LogP contribution is -2.13. The van der Waals surface area contributed by atoms with Crippen LogP contribution in [0.5, 0.6) is 0 Å². The van der Waals surface area contributed by atoms with Crippen molar-refractivity contribution in [3.8, 4) is 10.6 Å². The highest BCUT2D eigenvalue weighted by Crippen LogP contribution is 2.39. The molecule has 92 valence electrons. The normalized spacial score (nSPS) is 11.0. The van der Waals surface area contributed by atoms with Crippen LogP contribution in [0.3, 0.4) is 0 Å². The van der Waals surface area contributed by atoms with E-state index in [1.54, 1.807) is 22.7 Å². The van der Waals surface area contributed by atoms with Crippen molar-refractivity contribution < 1.29 is 0 Å². The molecular formula is C10H11Br2N3S2. The van der Waals surface area contributed by atoms with Gasteiger partial charge in [-0.15, -0.1) is 21.5 Å². The molecule has 0 saturated carbocycles. The molecule has 2 rings (SSSR count). The van der Waals surface area contributed by atoms with Gasteiger partial charge in [0.25, 0.3) is 0 Å². The van der Waals surface area contributed by atoms with Crippen molar-refractivity contribution in [2.75, 3.05) is 6.54 Å². The molecule has 3 nitrogen and oxygen atoms in total. The minimum atomic E-state index is 0.800. The number of thiophene rings is 1. The Morgan fingerprint density at radius 1 is 1.29 bits per heavy atom. The van der Waals surface area contributed by atoms with Crippen LogP contribution in [0.1, 0.15) is 18.4 Å². The summed E-state index contributed by atoms with van der Waals surface area (Å²) in [6, 6.07) is 2.07. The van der Waals surface area contributed by atoms with Gasteiger partial charge in [0.2, 0.25) is 0 Å². The van der Waals surface area contributed by atoms with Crippen LogP contribution in [0.4, 0.5) is 0 Å². The monoisotopic (exact) mass is 395 g/mol. The van der Waals surface area contributed by atoms with Crippen LogP contribution in [-0.4, -0.2) is 16.7 Å². The lowest BCUT2D eigenvalue weighted by molar-refractivity contribution is 0.668. The van der Waals surface area contributed by atoms with E-state index in [0.717, 1.165) is 42.7 Å². The predicted molar refractivity (Wildman–Crippen MR) is 80.6 cm³/mol. The van der Waals surface area contributed by atoms with Gasteiger partial charge in [0, 0.05) is 12.1 Å². The van der Waals surface area contributed by atoms with E-state index in [2.05, 4.69) is 60.4 Å². The van der Waals surface area contributed by atoms with E-state index in [0.29, 0.717) is 0 Å². The summed E-state index contributed by atoms with van der Waals surface area (Å²) in [5.41, 5.74) is 1.11. The molecule has 1 N–H and O–H groups in total.